The van der Waals surface area contributed by atoms with E-state index in [1.165, 1.54) is 6.08 Å². The molecule has 8 heteroatoms. The molecular weight excluding hydrogens is 369 g/mol. The third kappa shape index (κ3) is 3.64. The Morgan fingerprint density at radius 3 is 2.26 bits per heavy atom. The van der Waals surface area contributed by atoms with Crippen LogP contribution < -0.4 is 0 Å². The monoisotopic (exact) mass is 379 g/mol. The van der Waals surface area contributed by atoms with Crippen LogP contribution in [-0.4, -0.2) is 11.0 Å². The van der Waals surface area contributed by atoms with Crippen molar-refractivity contribution in [3.8, 4) is 0 Å². The summed E-state index contributed by atoms with van der Waals surface area (Å²) in [5.41, 5.74) is -0.0231. The van der Waals surface area contributed by atoms with Crippen LogP contribution in [0.25, 0.3) is 17.0 Å². The van der Waals surface area contributed by atoms with Crippen LogP contribution in [0.1, 0.15) is 11.1 Å². The van der Waals surface area contributed by atoms with Gasteiger partial charge in [-0.05, 0) is 12.1 Å². The number of ether oxygens (including phenoxy) is 1. The number of hydrogen-bond acceptors (Lipinski definition) is 3. The molecule has 1 heterocycles. The number of rotatable bonds is 4. The molecule has 0 saturated carbocycles. The number of para-hydroxylation sites is 1. The number of hydrogen-bond donors (Lipinski definition) is 0. The van der Waals surface area contributed by atoms with Gasteiger partial charge >= 0.3 is 5.97 Å². The zero-order valence-corrected chi connectivity index (χ0v) is 13.5. The zero-order valence-electron chi connectivity index (χ0n) is 13.5. The number of benzene rings is 2. The molecule has 3 aromatic rings. The SMILES string of the molecule is O=C(/C=C\c1cccc2cccnc12)OCc1c(F)c(F)c(F)c(F)c1F. The topological polar surface area (TPSA) is 39.2 Å². The molecule has 3 rings (SSSR count). The summed E-state index contributed by atoms with van der Waals surface area (Å²) in [6, 6.07) is 8.81. The highest BCUT2D eigenvalue weighted by Gasteiger charge is 2.26. The summed E-state index contributed by atoms with van der Waals surface area (Å²) in [6.07, 6.45) is 3.91. The molecule has 2 aromatic carbocycles. The Hall–Kier alpha value is -3.29. The van der Waals surface area contributed by atoms with Gasteiger partial charge in [-0.1, -0.05) is 24.3 Å². The Morgan fingerprint density at radius 2 is 1.56 bits per heavy atom. The fourth-order valence-electron chi connectivity index (χ4n) is 2.39. The Labute approximate surface area is 149 Å². The van der Waals surface area contributed by atoms with Crippen LogP contribution in [-0.2, 0) is 16.1 Å². The summed E-state index contributed by atoms with van der Waals surface area (Å²) in [4.78, 5) is 15.9. The maximum Gasteiger partial charge on any atom is 0.331 e. The van der Waals surface area contributed by atoms with Gasteiger partial charge in [0.15, 0.2) is 23.3 Å². The van der Waals surface area contributed by atoms with Crippen LogP contribution in [0.2, 0.25) is 0 Å². The smallest absolute Gasteiger partial charge is 0.331 e. The lowest BCUT2D eigenvalue weighted by Gasteiger charge is -2.08. The number of pyridine rings is 1. The van der Waals surface area contributed by atoms with Gasteiger partial charge in [-0.2, -0.15) is 0 Å². The van der Waals surface area contributed by atoms with Gasteiger partial charge < -0.3 is 4.74 Å². The lowest BCUT2D eigenvalue weighted by atomic mass is 10.1. The number of aromatic nitrogens is 1. The van der Waals surface area contributed by atoms with Gasteiger partial charge in [-0.15, -0.1) is 0 Å². The van der Waals surface area contributed by atoms with Gasteiger partial charge in [0, 0.05) is 23.2 Å². The number of nitrogens with zero attached hydrogens (tertiary/aromatic N) is 1. The number of esters is 1. The van der Waals surface area contributed by atoms with E-state index >= 15 is 0 Å². The molecule has 0 amide bonds. The van der Waals surface area contributed by atoms with Gasteiger partial charge in [-0.25, -0.2) is 26.7 Å². The second kappa shape index (κ2) is 7.53. The van der Waals surface area contributed by atoms with Crippen LogP contribution in [0.15, 0.2) is 42.6 Å². The van der Waals surface area contributed by atoms with Gasteiger partial charge in [0.25, 0.3) is 0 Å². The molecule has 0 spiro atoms. The first-order chi connectivity index (χ1) is 12.9. The van der Waals surface area contributed by atoms with Crippen LogP contribution in [0.3, 0.4) is 0 Å². The number of carbonyl (C=O) groups is 1. The van der Waals surface area contributed by atoms with Gasteiger partial charge in [0.2, 0.25) is 5.82 Å². The average Bonchev–Trinajstić information content (AvgIpc) is 2.69. The van der Waals surface area contributed by atoms with E-state index in [2.05, 4.69) is 9.72 Å². The molecule has 0 atom stereocenters. The van der Waals surface area contributed by atoms with Crippen molar-refractivity contribution in [3.05, 3.63) is 82.8 Å². The maximum absolute atomic E-state index is 13.5. The minimum absolute atomic E-state index is 0.585. The molecule has 138 valence electrons. The van der Waals surface area contributed by atoms with Crippen LogP contribution in [0, 0.1) is 29.1 Å². The van der Waals surface area contributed by atoms with E-state index in [1.54, 1.807) is 24.4 Å². The largest absolute Gasteiger partial charge is 0.457 e. The maximum atomic E-state index is 13.5. The number of fused-ring (bicyclic) bond motifs is 1. The van der Waals surface area contributed by atoms with Crippen molar-refractivity contribution in [2.75, 3.05) is 0 Å². The van der Waals surface area contributed by atoms with E-state index in [0.29, 0.717) is 11.1 Å². The van der Waals surface area contributed by atoms with E-state index in [4.69, 9.17) is 0 Å². The lowest BCUT2D eigenvalue weighted by molar-refractivity contribution is -0.139. The summed E-state index contributed by atoms with van der Waals surface area (Å²) >= 11 is 0. The molecule has 0 N–H and O–H groups in total. The van der Waals surface area contributed by atoms with Crippen molar-refractivity contribution in [2.45, 2.75) is 6.61 Å². The Kier molecular flexibility index (Phi) is 5.16. The predicted octanol–water partition coefficient (Wildman–Crippen LogP) is 4.69. The molecule has 1 aromatic heterocycles. The van der Waals surface area contributed by atoms with Crippen LogP contribution in [0.5, 0.6) is 0 Å². The normalized spacial score (nSPS) is 11.3. The minimum atomic E-state index is -2.27. The van der Waals surface area contributed by atoms with Crippen molar-refractivity contribution >= 4 is 22.9 Å². The highest BCUT2D eigenvalue weighted by Crippen LogP contribution is 2.23. The lowest BCUT2D eigenvalue weighted by Crippen LogP contribution is -2.10. The second-order valence-electron chi connectivity index (χ2n) is 5.41. The molecule has 0 saturated heterocycles. The highest BCUT2D eigenvalue weighted by atomic mass is 19.2. The first-order valence-electron chi connectivity index (χ1n) is 7.59. The third-order valence-electron chi connectivity index (χ3n) is 3.72. The van der Waals surface area contributed by atoms with E-state index in [0.717, 1.165) is 11.5 Å². The van der Waals surface area contributed by atoms with E-state index in [-0.39, 0.29) is 0 Å². The molecule has 0 unspecified atom stereocenters. The predicted molar refractivity (Wildman–Crippen MR) is 86.8 cm³/mol. The summed E-state index contributed by atoms with van der Waals surface area (Å²) < 4.78 is 70.9. The first kappa shape index (κ1) is 18.5. The Balaban J connectivity index is 1.77. The third-order valence-corrected chi connectivity index (χ3v) is 3.72. The zero-order chi connectivity index (χ0) is 19.6. The molecule has 0 fully saturated rings. The summed E-state index contributed by atoms with van der Waals surface area (Å²) in [5, 5.41) is 0.828. The Bertz CT molecular complexity index is 1030. The molecular formula is C19H10F5NO2. The van der Waals surface area contributed by atoms with Crippen molar-refractivity contribution in [2.24, 2.45) is 0 Å². The first-order valence-corrected chi connectivity index (χ1v) is 7.59. The average molecular weight is 379 g/mol. The summed E-state index contributed by atoms with van der Waals surface area (Å²) in [7, 11) is 0. The second-order valence-corrected chi connectivity index (χ2v) is 5.41. The standard InChI is InChI=1S/C19H10F5NO2/c20-14-12(15(21)17(23)18(24)16(14)22)9-27-13(26)7-6-11-4-1-3-10-5-2-8-25-19(10)11/h1-8H,9H2/b7-6-. The van der Waals surface area contributed by atoms with Crippen molar-refractivity contribution in [1.29, 1.82) is 0 Å². The summed E-state index contributed by atoms with van der Waals surface area (Å²) in [6.45, 7) is -1.11. The van der Waals surface area contributed by atoms with Gasteiger partial charge in [0.1, 0.15) is 6.61 Å². The molecule has 27 heavy (non-hydrogen) atoms. The fourth-order valence-corrected chi connectivity index (χ4v) is 2.39. The highest BCUT2D eigenvalue weighted by molar-refractivity contribution is 5.92. The molecule has 0 bridgehead atoms. The molecule has 0 aliphatic rings. The quantitative estimate of drug-likeness (QED) is 0.217. The number of halogens is 5. The number of carbonyl (C=O) groups excluding carboxylic acids is 1. The Morgan fingerprint density at radius 1 is 0.926 bits per heavy atom. The van der Waals surface area contributed by atoms with Crippen LogP contribution >= 0.6 is 0 Å². The molecule has 0 aliphatic heterocycles. The molecule has 0 radical (unpaired) electrons. The van der Waals surface area contributed by atoms with Crippen molar-refractivity contribution in [3.63, 3.8) is 0 Å². The van der Waals surface area contributed by atoms with Gasteiger partial charge in [0.05, 0.1) is 11.1 Å². The van der Waals surface area contributed by atoms with Crippen molar-refractivity contribution in [1.82, 2.24) is 4.98 Å². The molecule has 0 aliphatic carbocycles. The van der Waals surface area contributed by atoms with E-state index < -0.39 is 47.2 Å². The summed E-state index contributed by atoms with van der Waals surface area (Å²) in [5.74, 6) is -11.6. The fraction of sp³-hybridized carbons (Fsp3) is 0.0526. The van der Waals surface area contributed by atoms with Crippen LogP contribution in [0.4, 0.5) is 22.0 Å². The van der Waals surface area contributed by atoms with E-state index in [1.807, 2.05) is 12.1 Å². The van der Waals surface area contributed by atoms with Crippen molar-refractivity contribution < 1.29 is 31.5 Å². The van der Waals surface area contributed by atoms with Gasteiger partial charge in [-0.3, -0.25) is 4.98 Å². The van der Waals surface area contributed by atoms with E-state index in [9.17, 15) is 26.7 Å². The molecule has 3 nitrogen and oxygen atoms in total. The minimum Gasteiger partial charge on any atom is -0.457 e.